The summed E-state index contributed by atoms with van der Waals surface area (Å²) in [6.07, 6.45) is 4.78. The van der Waals surface area contributed by atoms with Crippen LogP contribution >= 0.6 is 0 Å². The molecule has 5 nitrogen and oxygen atoms in total. The van der Waals surface area contributed by atoms with E-state index in [1.54, 1.807) is 34.0 Å². The topological polar surface area (TPSA) is 42.7 Å². The average molecular weight is 404 g/mol. The SMILES string of the molecule is CCc1nc2ccc(F)cc2n1C1N=CC=CN1c1ccc(OC(F)F)c(F)c1. The molecule has 3 aromatic rings. The summed E-state index contributed by atoms with van der Waals surface area (Å²) < 4.78 is 58.9. The van der Waals surface area contributed by atoms with Gasteiger partial charge in [0.2, 0.25) is 6.29 Å². The van der Waals surface area contributed by atoms with Crippen LogP contribution in [0.15, 0.2) is 53.7 Å². The highest BCUT2D eigenvalue weighted by molar-refractivity contribution is 5.78. The number of allylic oxidation sites excluding steroid dienone is 1. The van der Waals surface area contributed by atoms with Crippen molar-refractivity contribution in [1.29, 1.82) is 0 Å². The Hall–Kier alpha value is -3.36. The van der Waals surface area contributed by atoms with Crippen molar-refractivity contribution in [2.24, 2.45) is 4.99 Å². The number of anilines is 1. The van der Waals surface area contributed by atoms with Crippen LogP contribution in [0.2, 0.25) is 0 Å². The molecular formula is C20H16F4N4O. The van der Waals surface area contributed by atoms with Gasteiger partial charge in [0.1, 0.15) is 11.6 Å². The number of aromatic nitrogens is 2. The number of aryl methyl sites for hydroxylation is 1. The van der Waals surface area contributed by atoms with Crippen LogP contribution < -0.4 is 9.64 Å². The normalized spacial score (nSPS) is 16.2. The van der Waals surface area contributed by atoms with Crippen molar-refractivity contribution < 1.29 is 22.3 Å². The van der Waals surface area contributed by atoms with Gasteiger partial charge >= 0.3 is 6.61 Å². The molecule has 1 unspecified atom stereocenters. The highest BCUT2D eigenvalue weighted by atomic mass is 19.3. The molecule has 1 aromatic heterocycles. The molecule has 0 saturated carbocycles. The van der Waals surface area contributed by atoms with Gasteiger partial charge in [-0.3, -0.25) is 4.57 Å². The van der Waals surface area contributed by atoms with Crippen LogP contribution in [-0.4, -0.2) is 22.4 Å². The largest absolute Gasteiger partial charge is 0.432 e. The van der Waals surface area contributed by atoms with Gasteiger partial charge in [-0.05, 0) is 36.4 Å². The minimum atomic E-state index is -3.12. The molecule has 29 heavy (non-hydrogen) atoms. The van der Waals surface area contributed by atoms with Gasteiger partial charge in [-0.25, -0.2) is 18.8 Å². The van der Waals surface area contributed by atoms with E-state index in [4.69, 9.17) is 0 Å². The fraction of sp³-hybridized carbons (Fsp3) is 0.200. The van der Waals surface area contributed by atoms with E-state index in [9.17, 15) is 17.6 Å². The van der Waals surface area contributed by atoms with E-state index in [0.717, 1.165) is 12.1 Å². The monoisotopic (exact) mass is 404 g/mol. The Morgan fingerprint density at radius 2 is 1.97 bits per heavy atom. The van der Waals surface area contributed by atoms with E-state index in [1.165, 1.54) is 18.2 Å². The number of nitrogens with zero attached hydrogens (tertiary/aromatic N) is 4. The fourth-order valence-corrected chi connectivity index (χ4v) is 3.28. The molecule has 0 saturated heterocycles. The summed E-state index contributed by atoms with van der Waals surface area (Å²) in [6, 6.07) is 7.95. The third-order valence-corrected chi connectivity index (χ3v) is 4.50. The molecule has 0 radical (unpaired) electrons. The van der Waals surface area contributed by atoms with Crippen LogP contribution in [0.3, 0.4) is 0 Å². The minimum Gasteiger partial charge on any atom is -0.432 e. The number of alkyl halides is 2. The van der Waals surface area contributed by atoms with E-state index >= 15 is 0 Å². The fourth-order valence-electron chi connectivity index (χ4n) is 3.28. The Bertz CT molecular complexity index is 1110. The maximum Gasteiger partial charge on any atom is 0.387 e. The molecule has 0 aliphatic carbocycles. The third-order valence-electron chi connectivity index (χ3n) is 4.50. The minimum absolute atomic E-state index is 0.363. The van der Waals surface area contributed by atoms with Crippen molar-refractivity contribution in [3.05, 3.63) is 66.1 Å². The Morgan fingerprint density at radius 3 is 2.69 bits per heavy atom. The van der Waals surface area contributed by atoms with Crippen LogP contribution in [0.25, 0.3) is 11.0 Å². The lowest BCUT2D eigenvalue weighted by Crippen LogP contribution is -2.30. The second kappa shape index (κ2) is 7.57. The summed E-state index contributed by atoms with van der Waals surface area (Å²) in [5.74, 6) is -1.22. The van der Waals surface area contributed by atoms with Gasteiger partial charge in [0.15, 0.2) is 11.6 Å². The molecule has 0 spiro atoms. The Kier molecular flexibility index (Phi) is 4.96. The summed E-state index contributed by atoms with van der Waals surface area (Å²) in [4.78, 5) is 10.6. The number of hydrogen-bond acceptors (Lipinski definition) is 4. The van der Waals surface area contributed by atoms with E-state index < -0.39 is 30.3 Å². The van der Waals surface area contributed by atoms with E-state index in [-0.39, 0.29) is 0 Å². The standard InChI is InChI=1S/C20H16F4N4O/c1-2-18-26-15-6-4-12(21)10-16(15)28(18)20-25-8-3-9-27(20)13-5-7-17(14(22)11-13)29-19(23)24/h3-11,19-20H,2H2,1H3. The predicted octanol–water partition coefficient (Wildman–Crippen LogP) is 5.04. The van der Waals surface area contributed by atoms with Crippen molar-refractivity contribution in [2.75, 3.05) is 4.90 Å². The lowest BCUT2D eigenvalue weighted by molar-refractivity contribution is -0.0521. The van der Waals surface area contributed by atoms with E-state index in [0.29, 0.717) is 29.0 Å². The predicted molar refractivity (Wildman–Crippen MR) is 101 cm³/mol. The zero-order chi connectivity index (χ0) is 20.5. The molecule has 1 aliphatic heterocycles. The number of fused-ring (bicyclic) bond motifs is 1. The summed E-state index contributed by atoms with van der Waals surface area (Å²) in [5.41, 5.74) is 1.52. The van der Waals surface area contributed by atoms with Crippen molar-refractivity contribution in [3.63, 3.8) is 0 Å². The van der Waals surface area contributed by atoms with Gasteiger partial charge in [0.25, 0.3) is 0 Å². The second-order valence-electron chi connectivity index (χ2n) is 6.27. The van der Waals surface area contributed by atoms with Crippen LogP contribution in [0.4, 0.5) is 23.2 Å². The number of benzene rings is 2. The zero-order valence-electron chi connectivity index (χ0n) is 15.3. The molecule has 4 rings (SSSR count). The molecule has 2 heterocycles. The number of aliphatic imine (C=N–C) groups is 1. The van der Waals surface area contributed by atoms with Gasteiger partial charge in [-0.15, -0.1) is 0 Å². The van der Waals surface area contributed by atoms with Crippen molar-refractivity contribution in [1.82, 2.24) is 9.55 Å². The smallest absolute Gasteiger partial charge is 0.387 e. The maximum absolute atomic E-state index is 14.3. The molecular weight excluding hydrogens is 388 g/mol. The first-order valence-electron chi connectivity index (χ1n) is 8.87. The van der Waals surface area contributed by atoms with Crippen molar-refractivity contribution in [2.45, 2.75) is 26.2 Å². The average Bonchev–Trinajstić information content (AvgIpc) is 3.06. The highest BCUT2D eigenvalue weighted by Gasteiger charge is 2.25. The lowest BCUT2D eigenvalue weighted by Gasteiger charge is -2.31. The summed E-state index contributed by atoms with van der Waals surface area (Å²) in [7, 11) is 0. The Balaban J connectivity index is 1.79. The van der Waals surface area contributed by atoms with E-state index in [1.807, 2.05) is 6.92 Å². The zero-order valence-corrected chi connectivity index (χ0v) is 15.3. The molecule has 1 aliphatic rings. The van der Waals surface area contributed by atoms with Crippen LogP contribution in [0, 0.1) is 11.6 Å². The highest BCUT2D eigenvalue weighted by Crippen LogP contribution is 2.33. The van der Waals surface area contributed by atoms with Crippen LogP contribution in [0.1, 0.15) is 19.0 Å². The van der Waals surface area contributed by atoms with E-state index in [2.05, 4.69) is 14.7 Å². The van der Waals surface area contributed by atoms with Gasteiger partial charge in [-0.2, -0.15) is 8.78 Å². The number of imidazole rings is 1. The molecule has 150 valence electrons. The number of rotatable bonds is 5. The van der Waals surface area contributed by atoms with Gasteiger partial charge in [0, 0.05) is 30.6 Å². The quantitative estimate of drug-likeness (QED) is 0.560. The number of ether oxygens (including phenoxy) is 1. The van der Waals surface area contributed by atoms with Crippen LogP contribution in [0.5, 0.6) is 5.75 Å². The van der Waals surface area contributed by atoms with Crippen LogP contribution in [-0.2, 0) is 6.42 Å². The van der Waals surface area contributed by atoms with Gasteiger partial charge in [-0.1, -0.05) is 6.92 Å². The summed E-state index contributed by atoms with van der Waals surface area (Å²) >= 11 is 0. The molecule has 2 aromatic carbocycles. The summed E-state index contributed by atoms with van der Waals surface area (Å²) in [6.45, 7) is -1.21. The molecule has 1 atom stereocenters. The Labute approximate surface area is 163 Å². The molecule has 0 N–H and O–H groups in total. The first-order valence-corrected chi connectivity index (χ1v) is 8.87. The molecule has 9 heteroatoms. The first kappa shape index (κ1) is 19.0. The second-order valence-corrected chi connectivity index (χ2v) is 6.27. The number of hydrogen-bond donors (Lipinski definition) is 0. The molecule has 0 fully saturated rings. The van der Waals surface area contributed by atoms with Gasteiger partial charge in [0.05, 0.1) is 11.0 Å². The van der Waals surface area contributed by atoms with Crippen molar-refractivity contribution in [3.8, 4) is 5.75 Å². The summed E-state index contributed by atoms with van der Waals surface area (Å²) in [5, 5.41) is 0. The third kappa shape index (κ3) is 3.55. The lowest BCUT2D eigenvalue weighted by atomic mass is 10.2. The maximum atomic E-state index is 14.3. The Morgan fingerprint density at radius 1 is 1.14 bits per heavy atom. The number of halogens is 4. The molecule has 0 bridgehead atoms. The van der Waals surface area contributed by atoms with Gasteiger partial charge < -0.3 is 9.64 Å². The first-order chi connectivity index (χ1) is 14.0. The van der Waals surface area contributed by atoms with Crippen molar-refractivity contribution >= 4 is 22.9 Å². The molecule has 0 amide bonds.